The molecule has 0 fully saturated rings. The van der Waals surface area contributed by atoms with Gasteiger partial charge in [-0.15, -0.1) is 11.8 Å². The molecule has 0 bridgehead atoms. The molecular weight excluding hydrogens is 427 g/mol. The summed E-state index contributed by atoms with van der Waals surface area (Å²) in [7, 11) is 0. The van der Waals surface area contributed by atoms with E-state index >= 15 is 0 Å². The number of carbonyl (C=O) groups is 2. The number of rotatable bonds is 9. The summed E-state index contributed by atoms with van der Waals surface area (Å²) >= 11 is 13.4. The van der Waals surface area contributed by atoms with Crippen LogP contribution in [0.2, 0.25) is 10.0 Å². The molecule has 1 atom stereocenters. The van der Waals surface area contributed by atoms with Crippen LogP contribution in [-0.2, 0) is 21.9 Å². The zero-order valence-electron chi connectivity index (χ0n) is 16.8. The molecule has 1 N–H and O–H groups in total. The lowest BCUT2D eigenvalue weighted by Crippen LogP contribution is -2.49. The molecule has 0 aliphatic rings. The summed E-state index contributed by atoms with van der Waals surface area (Å²) in [6.07, 6.45) is 0. The largest absolute Gasteiger partial charge is 0.352 e. The van der Waals surface area contributed by atoms with E-state index in [1.165, 1.54) is 11.8 Å². The van der Waals surface area contributed by atoms with E-state index in [0.29, 0.717) is 22.3 Å². The highest BCUT2D eigenvalue weighted by atomic mass is 35.5. The average Bonchev–Trinajstić information content (AvgIpc) is 2.68. The molecular formula is C22H26Cl2N2O2S. The number of carbonyl (C=O) groups excluding carboxylic acids is 2. The maximum Gasteiger partial charge on any atom is 0.242 e. The highest BCUT2D eigenvalue weighted by Crippen LogP contribution is 2.18. The van der Waals surface area contributed by atoms with Gasteiger partial charge in [0.1, 0.15) is 6.04 Å². The molecule has 0 aromatic heterocycles. The van der Waals surface area contributed by atoms with Crippen LogP contribution in [0.1, 0.15) is 31.9 Å². The fraction of sp³-hybridized carbons (Fsp3) is 0.364. The number of nitrogens with zero attached hydrogens (tertiary/aromatic N) is 1. The first-order chi connectivity index (χ1) is 13.8. The fourth-order valence-corrected chi connectivity index (χ4v) is 3.82. The highest BCUT2D eigenvalue weighted by molar-refractivity contribution is 7.99. The second kappa shape index (κ2) is 11.5. The quantitative estimate of drug-likeness (QED) is 0.570. The van der Waals surface area contributed by atoms with Crippen LogP contribution in [0.4, 0.5) is 0 Å². The summed E-state index contributed by atoms with van der Waals surface area (Å²) in [6, 6.07) is 14.3. The molecule has 0 aliphatic heterocycles. The molecule has 29 heavy (non-hydrogen) atoms. The Kier molecular flexibility index (Phi) is 9.34. The Morgan fingerprint density at radius 1 is 0.931 bits per heavy atom. The number of hydrogen-bond donors (Lipinski definition) is 1. The molecule has 2 amide bonds. The fourth-order valence-electron chi connectivity index (χ4n) is 2.69. The lowest BCUT2D eigenvalue weighted by molar-refractivity contribution is -0.138. The highest BCUT2D eigenvalue weighted by Gasteiger charge is 2.26. The smallest absolute Gasteiger partial charge is 0.242 e. The monoisotopic (exact) mass is 452 g/mol. The molecule has 0 saturated heterocycles. The minimum absolute atomic E-state index is 0.0108. The van der Waals surface area contributed by atoms with Gasteiger partial charge < -0.3 is 10.2 Å². The maximum absolute atomic E-state index is 13.0. The molecule has 0 spiro atoms. The van der Waals surface area contributed by atoms with Gasteiger partial charge in [0.05, 0.1) is 5.75 Å². The Bertz CT molecular complexity index is 811. The van der Waals surface area contributed by atoms with Crippen LogP contribution in [0.25, 0.3) is 0 Å². The first-order valence-corrected chi connectivity index (χ1v) is 11.3. The normalized spacial score (nSPS) is 11.9. The number of benzene rings is 2. The van der Waals surface area contributed by atoms with Crippen molar-refractivity contribution in [2.24, 2.45) is 0 Å². The average molecular weight is 453 g/mol. The Balaban J connectivity index is 2.05. The third-order valence-corrected chi connectivity index (χ3v) is 5.76. The Hall–Kier alpha value is -1.69. The summed E-state index contributed by atoms with van der Waals surface area (Å²) in [5, 5.41) is 4.21. The van der Waals surface area contributed by atoms with E-state index in [2.05, 4.69) is 5.32 Å². The third-order valence-electron chi connectivity index (χ3n) is 4.27. The van der Waals surface area contributed by atoms with Crippen LogP contribution in [0.3, 0.4) is 0 Å². The van der Waals surface area contributed by atoms with E-state index in [0.717, 1.165) is 11.1 Å². The van der Waals surface area contributed by atoms with E-state index in [9.17, 15) is 9.59 Å². The standard InChI is InChI=1S/C22H26Cl2N2O2S/c1-15(2)25-22(28)16(3)26(12-17-4-8-19(23)9-5-17)21(27)14-29-13-18-6-10-20(24)11-7-18/h4-11,15-16H,12-14H2,1-3H3,(H,25,28). The zero-order chi connectivity index (χ0) is 21.4. The number of amides is 2. The van der Waals surface area contributed by atoms with E-state index in [-0.39, 0.29) is 23.6 Å². The van der Waals surface area contributed by atoms with Crippen molar-refractivity contribution >= 4 is 46.8 Å². The molecule has 4 nitrogen and oxygen atoms in total. The van der Waals surface area contributed by atoms with Gasteiger partial charge in [0.15, 0.2) is 0 Å². The van der Waals surface area contributed by atoms with Crippen molar-refractivity contribution in [3.8, 4) is 0 Å². The molecule has 1 unspecified atom stereocenters. The van der Waals surface area contributed by atoms with Crippen LogP contribution in [0.5, 0.6) is 0 Å². The van der Waals surface area contributed by atoms with Crippen LogP contribution >= 0.6 is 35.0 Å². The number of hydrogen-bond acceptors (Lipinski definition) is 3. The first-order valence-electron chi connectivity index (χ1n) is 9.42. The van der Waals surface area contributed by atoms with Gasteiger partial charge in [-0.05, 0) is 56.2 Å². The van der Waals surface area contributed by atoms with E-state index in [4.69, 9.17) is 23.2 Å². The van der Waals surface area contributed by atoms with E-state index in [1.54, 1.807) is 24.0 Å². The lowest BCUT2D eigenvalue weighted by atomic mass is 10.1. The summed E-state index contributed by atoms with van der Waals surface area (Å²) in [5.74, 6) is 0.745. The van der Waals surface area contributed by atoms with Gasteiger partial charge in [-0.3, -0.25) is 9.59 Å². The Morgan fingerprint density at radius 2 is 1.45 bits per heavy atom. The van der Waals surface area contributed by atoms with Crippen molar-refractivity contribution in [2.75, 3.05) is 5.75 Å². The van der Waals surface area contributed by atoms with Crippen molar-refractivity contribution in [2.45, 2.75) is 45.2 Å². The van der Waals surface area contributed by atoms with E-state index in [1.807, 2.05) is 50.2 Å². The predicted molar refractivity (Wildman–Crippen MR) is 122 cm³/mol. The molecule has 7 heteroatoms. The number of thioether (sulfide) groups is 1. The summed E-state index contributed by atoms with van der Waals surface area (Å²) in [4.78, 5) is 27.1. The maximum atomic E-state index is 13.0. The number of halogens is 2. The van der Waals surface area contributed by atoms with Gasteiger partial charge in [-0.1, -0.05) is 47.5 Å². The number of nitrogens with one attached hydrogen (secondary N) is 1. The minimum atomic E-state index is -0.572. The lowest BCUT2D eigenvalue weighted by Gasteiger charge is -2.29. The molecule has 156 valence electrons. The van der Waals surface area contributed by atoms with Crippen LogP contribution in [0, 0.1) is 0 Å². The van der Waals surface area contributed by atoms with Crippen molar-refractivity contribution in [3.05, 3.63) is 69.7 Å². The zero-order valence-corrected chi connectivity index (χ0v) is 19.2. The van der Waals surface area contributed by atoms with Crippen LogP contribution in [-0.4, -0.2) is 34.6 Å². The predicted octanol–water partition coefficient (Wildman–Crippen LogP) is 5.17. The topological polar surface area (TPSA) is 49.4 Å². The van der Waals surface area contributed by atoms with E-state index < -0.39 is 6.04 Å². The van der Waals surface area contributed by atoms with Crippen molar-refractivity contribution in [1.82, 2.24) is 10.2 Å². The summed E-state index contributed by atoms with van der Waals surface area (Å²) < 4.78 is 0. The van der Waals surface area contributed by atoms with Crippen molar-refractivity contribution in [1.29, 1.82) is 0 Å². The molecule has 0 radical (unpaired) electrons. The third kappa shape index (κ3) is 7.92. The van der Waals surface area contributed by atoms with Crippen molar-refractivity contribution < 1.29 is 9.59 Å². The molecule has 0 aliphatic carbocycles. The minimum Gasteiger partial charge on any atom is -0.352 e. The van der Waals surface area contributed by atoms with Crippen LogP contribution in [0.15, 0.2) is 48.5 Å². The van der Waals surface area contributed by atoms with Gasteiger partial charge in [0.25, 0.3) is 0 Å². The molecule has 2 aromatic carbocycles. The second-order valence-corrected chi connectivity index (χ2v) is 8.97. The molecule has 2 rings (SSSR count). The van der Waals surface area contributed by atoms with Gasteiger partial charge >= 0.3 is 0 Å². The van der Waals surface area contributed by atoms with Gasteiger partial charge in [-0.25, -0.2) is 0 Å². The van der Waals surface area contributed by atoms with Crippen molar-refractivity contribution in [3.63, 3.8) is 0 Å². The van der Waals surface area contributed by atoms with Crippen LogP contribution < -0.4 is 5.32 Å². The molecule has 2 aromatic rings. The molecule has 0 heterocycles. The first kappa shape index (κ1) is 23.6. The van der Waals surface area contributed by atoms with Gasteiger partial charge in [0.2, 0.25) is 11.8 Å². The van der Waals surface area contributed by atoms with Gasteiger partial charge in [-0.2, -0.15) is 0 Å². The second-order valence-electron chi connectivity index (χ2n) is 7.11. The Labute approximate surface area is 187 Å². The SMILES string of the molecule is CC(C)NC(=O)C(C)N(Cc1ccc(Cl)cc1)C(=O)CSCc1ccc(Cl)cc1. The Morgan fingerprint density at radius 3 is 1.97 bits per heavy atom. The summed E-state index contributed by atoms with van der Waals surface area (Å²) in [5.41, 5.74) is 2.02. The summed E-state index contributed by atoms with van der Waals surface area (Å²) in [6.45, 7) is 5.91. The van der Waals surface area contributed by atoms with Gasteiger partial charge in [0, 0.05) is 28.4 Å². The molecule has 0 saturated carbocycles.